The summed E-state index contributed by atoms with van der Waals surface area (Å²) >= 11 is 0. The first-order valence-electron chi connectivity index (χ1n) is 7.40. The summed E-state index contributed by atoms with van der Waals surface area (Å²) in [6.07, 6.45) is 5.57. The number of esters is 1. The molecule has 0 spiro atoms. The molecule has 22 heavy (non-hydrogen) atoms. The summed E-state index contributed by atoms with van der Waals surface area (Å²) in [4.78, 5) is 24.0. The van der Waals surface area contributed by atoms with E-state index in [1.807, 2.05) is 6.08 Å². The first kappa shape index (κ1) is 16.1. The highest BCUT2D eigenvalue weighted by atomic mass is 16.5. The molecule has 0 aliphatic heterocycles. The maximum absolute atomic E-state index is 12.1. The predicted octanol–water partition coefficient (Wildman–Crippen LogP) is 2.92. The lowest BCUT2D eigenvalue weighted by Gasteiger charge is -2.19. The van der Waals surface area contributed by atoms with Gasteiger partial charge in [-0.05, 0) is 50.5 Å². The van der Waals surface area contributed by atoms with Crippen molar-refractivity contribution in [3.8, 4) is 5.75 Å². The van der Waals surface area contributed by atoms with Gasteiger partial charge in [-0.2, -0.15) is 0 Å². The average Bonchev–Trinajstić information content (AvgIpc) is 2.56. The fraction of sp³-hybridized carbons (Fsp3) is 0.412. The fourth-order valence-electron chi connectivity index (χ4n) is 2.25. The van der Waals surface area contributed by atoms with Crippen molar-refractivity contribution in [2.75, 3.05) is 12.4 Å². The van der Waals surface area contributed by atoms with Crippen molar-refractivity contribution in [2.24, 2.45) is 5.92 Å². The maximum atomic E-state index is 12.1. The third-order valence-corrected chi connectivity index (χ3v) is 3.62. The van der Waals surface area contributed by atoms with Crippen LogP contribution in [0.15, 0.2) is 36.4 Å². The van der Waals surface area contributed by atoms with Crippen molar-refractivity contribution in [2.45, 2.75) is 32.3 Å². The minimum atomic E-state index is -0.819. The van der Waals surface area contributed by atoms with Gasteiger partial charge in [0.15, 0.2) is 6.10 Å². The second kappa shape index (κ2) is 7.64. The van der Waals surface area contributed by atoms with Gasteiger partial charge in [0.1, 0.15) is 5.75 Å². The summed E-state index contributed by atoms with van der Waals surface area (Å²) in [6, 6.07) is 6.97. The summed E-state index contributed by atoms with van der Waals surface area (Å²) in [5.41, 5.74) is 0.634. The minimum absolute atomic E-state index is 0.138. The maximum Gasteiger partial charge on any atom is 0.310 e. The molecule has 0 bridgehead atoms. The predicted molar refractivity (Wildman–Crippen MR) is 83.7 cm³/mol. The molecule has 1 aliphatic rings. The van der Waals surface area contributed by atoms with Crippen molar-refractivity contribution >= 4 is 17.6 Å². The summed E-state index contributed by atoms with van der Waals surface area (Å²) in [7, 11) is 1.58. The standard InChI is InChI=1S/C17H21NO4/c1-12(22-17(20)13-6-4-3-5-7-13)16(19)18-14-8-10-15(21-2)11-9-14/h3-4,8-13H,5-7H2,1-2H3,(H,18,19)/t12-,13-/m1/s1. The fourth-order valence-corrected chi connectivity index (χ4v) is 2.25. The zero-order valence-electron chi connectivity index (χ0n) is 12.9. The SMILES string of the molecule is COc1ccc(NC(=O)[C@@H](C)OC(=O)[C@@H]2CC=CCC2)cc1. The number of rotatable bonds is 5. The molecule has 1 amide bonds. The summed E-state index contributed by atoms with van der Waals surface area (Å²) in [5, 5.41) is 2.72. The lowest BCUT2D eigenvalue weighted by atomic mass is 9.95. The normalized spacial score (nSPS) is 18.4. The van der Waals surface area contributed by atoms with E-state index in [0.717, 1.165) is 12.8 Å². The Labute approximate surface area is 130 Å². The van der Waals surface area contributed by atoms with Gasteiger partial charge in [0.05, 0.1) is 13.0 Å². The first-order valence-corrected chi connectivity index (χ1v) is 7.40. The second-order valence-electron chi connectivity index (χ2n) is 5.28. The third kappa shape index (κ3) is 4.35. The van der Waals surface area contributed by atoms with Gasteiger partial charge in [-0.15, -0.1) is 0 Å². The third-order valence-electron chi connectivity index (χ3n) is 3.62. The largest absolute Gasteiger partial charge is 0.497 e. The van der Waals surface area contributed by atoms with Crippen LogP contribution in [0.2, 0.25) is 0 Å². The molecule has 0 heterocycles. The highest BCUT2D eigenvalue weighted by Gasteiger charge is 2.24. The molecule has 2 atom stereocenters. The van der Waals surface area contributed by atoms with Crippen LogP contribution in [0.25, 0.3) is 0 Å². The van der Waals surface area contributed by atoms with E-state index in [2.05, 4.69) is 11.4 Å². The number of anilines is 1. The number of hydrogen-bond donors (Lipinski definition) is 1. The van der Waals surface area contributed by atoms with E-state index < -0.39 is 6.10 Å². The molecule has 0 saturated heterocycles. The minimum Gasteiger partial charge on any atom is -0.497 e. The number of nitrogens with one attached hydrogen (secondary N) is 1. The van der Waals surface area contributed by atoms with E-state index >= 15 is 0 Å². The van der Waals surface area contributed by atoms with Gasteiger partial charge in [-0.1, -0.05) is 12.2 Å². The zero-order chi connectivity index (χ0) is 15.9. The average molecular weight is 303 g/mol. The van der Waals surface area contributed by atoms with Gasteiger partial charge in [-0.3, -0.25) is 9.59 Å². The molecule has 5 heteroatoms. The second-order valence-corrected chi connectivity index (χ2v) is 5.28. The molecule has 118 valence electrons. The van der Waals surface area contributed by atoms with Gasteiger partial charge in [0.25, 0.3) is 5.91 Å². The molecule has 0 saturated carbocycles. The highest BCUT2D eigenvalue weighted by molar-refractivity contribution is 5.95. The van der Waals surface area contributed by atoms with Crippen molar-refractivity contribution < 1.29 is 19.1 Å². The number of allylic oxidation sites excluding steroid dienone is 2. The molecule has 1 aromatic rings. The first-order chi connectivity index (χ1) is 10.6. The zero-order valence-corrected chi connectivity index (χ0v) is 12.9. The number of carbonyl (C=O) groups excluding carboxylic acids is 2. The number of amides is 1. The number of methoxy groups -OCH3 is 1. The van der Waals surface area contributed by atoms with Gasteiger partial charge < -0.3 is 14.8 Å². The van der Waals surface area contributed by atoms with E-state index in [9.17, 15) is 9.59 Å². The Balaban J connectivity index is 1.85. The topological polar surface area (TPSA) is 64.6 Å². The Morgan fingerprint density at radius 3 is 2.55 bits per heavy atom. The lowest BCUT2D eigenvalue weighted by Crippen LogP contribution is -2.32. The molecule has 0 radical (unpaired) electrons. The Hall–Kier alpha value is -2.30. The van der Waals surface area contributed by atoms with E-state index in [4.69, 9.17) is 9.47 Å². The van der Waals surface area contributed by atoms with E-state index in [1.54, 1.807) is 38.3 Å². The van der Waals surface area contributed by atoms with Crippen LogP contribution >= 0.6 is 0 Å². The van der Waals surface area contributed by atoms with Crippen molar-refractivity contribution in [1.82, 2.24) is 0 Å². The summed E-state index contributed by atoms with van der Waals surface area (Å²) in [6.45, 7) is 1.58. The van der Waals surface area contributed by atoms with Crippen LogP contribution < -0.4 is 10.1 Å². The molecule has 1 aliphatic carbocycles. The molecule has 2 rings (SSSR count). The van der Waals surface area contributed by atoms with Crippen LogP contribution in [0, 0.1) is 5.92 Å². The Kier molecular flexibility index (Phi) is 5.58. The Morgan fingerprint density at radius 2 is 1.95 bits per heavy atom. The van der Waals surface area contributed by atoms with Crippen LogP contribution in [-0.2, 0) is 14.3 Å². The monoisotopic (exact) mass is 303 g/mol. The molecular formula is C17H21NO4. The van der Waals surface area contributed by atoms with Crippen molar-refractivity contribution in [3.05, 3.63) is 36.4 Å². The van der Waals surface area contributed by atoms with Gasteiger partial charge in [0, 0.05) is 5.69 Å². The number of hydrogen-bond acceptors (Lipinski definition) is 4. The van der Waals surface area contributed by atoms with Crippen LogP contribution in [0.1, 0.15) is 26.2 Å². The molecule has 5 nitrogen and oxygen atoms in total. The van der Waals surface area contributed by atoms with Gasteiger partial charge in [0.2, 0.25) is 0 Å². The van der Waals surface area contributed by atoms with Crippen LogP contribution in [0.5, 0.6) is 5.75 Å². The quantitative estimate of drug-likeness (QED) is 0.671. The number of benzene rings is 1. The van der Waals surface area contributed by atoms with E-state index in [-0.39, 0.29) is 17.8 Å². The molecule has 0 unspecified atom stereocenters. The van der Waals surface area contributed by atoms with Crippen LogP contribution in [0.4, 0.5) is 5.69 Å². The van der Waals surface area contributed by atoms with Crippen LogP contribution in [-0.4, -0.2) is 25.1 Å². The summed E-state index contributed by atoms with van der Waals surface area (Å²) < 4.78 is 10.3. The Morgan fingerprint density at radius 1 is 1.23 bits per heavy atom. The van der Waals surface area contributed by atoms with Gasteiger partial charge >= 0.3 is 5.97 Å². The van der Waals surface area contributed by atoms with E-state index in [1.165, 1.54) is 0 Å². The molecule has 0 aromatic heterocycles. The van der Waals surface area contributed by atoms with Crippen molar-refractivity contribution in [3.63, 3.8) is 0 Å². The van der Waals surface area contributed by atoms with Crippen LogP contribution in [0.3, 0.4) is 0 Å². The molecule has 1 aromatic carbocycles. The molecule has 1 N–H and O–H groups in total. The summed E-state index contributed by atoms with van der Waals surface area (Å²) in [5.74, 6) is -0.0735. The molecule has 0 fully saturated rings. The number of ether oxygens (including phenoxy) is 2. The van der Waals surface area contributed by atoms with E-state index in [0.29, 0.717) is 17.9 Å². The molecular weight excluding hydrogens is 282 g/mol. The lowest BCUT2D eigenvalue weighted by molar-refractivity contribution is -0.157. The van der Waals surface area contributed by atoms with Gasteiger partial charge in [-0.25, -0.2) is 0 Å². The van der Waals surface area contributed by atoms with Crippen molar-refractivity contribution in [1.29, 1.82) is 0 Å². The smallest absolute Gasteiger partial charge is 0.310 e. The highest BCUT2D eigenvalue weighted by Crippen LogP contribution is 2.20. The Bertz CT molecular complexity index is 550. The number of carbonyl (C=O) groups is 2.